The number of carbonyl (C=O) groups is 1. The molecular weight excluding hydrogens is 454 g/mol. The van der Waals surface area contributed by atoms with Crippen molar-refractivity contribution >= 4 is 57.3 Å². The fourth-order valence-corrected chi connectivity index (χ4v) is 4.80. The predicted molar refractivity (Wildman–Crippen MR) is 126 cm³/mol. The number of aryl methyl sites for hydroxylation is 2. The quantitative estimate of drug-likeness (QED) is 0.317. The average molecular weight is 474 g/mol. The molecule has 0 bridgehead atoms. The molecule has 4 rings (SSSR count). The zero-order valence-corrected chi connectivity index (χ0v) is 19.4. The average Bonchev–Trinajstić information content (AvgIpc) is 3.38. The number of hydrogen-bond donors (Lipinski definition) is 1. The van der Waals surface area contributed by atoms with E-state index >= 15 is 0 Å². The summed E-state index contributed by atoms with van der Waals surface area (Å²) >= 11 is 8.70. The van der Waals surface area contributed by atoms with Gasteiger partial charge in [-0.1, -0.05) is 29.4 Å². The van der Waals surface area contributed by atoms with Crippen molar-refractivity contribution in [2.75, 3.05) is 11.1 Å². The molecule has 0 radical (unpaired) electrons. The highest BCUT2D eigenvalue weighted by atomic mass is 35.5. The molecule has 0 aliphatic rings. The van der Waals surface area contributed by atoms with E-state index in [1.165, 1.54) is 11.8 Å². The second kappa shape index (κ2) is 9.25. The zero-order valence-electron chi connectivity index (χ0n) is 17.0. The summed E-state index contributed by atoms with van der Waals surface area (Å²) in [5.74, 6) is -0.0725. The molecule has 4 aromatic rings. The van der Waals surface area contributed by atoms with Crippen LogP contribution in [0.4, 0.5) is 5.69 Å². The van der Waals surface area contributed by atoms with Crippen molar-refractivity contribution in [3.8, 4) is 0 Å². The highest BCUT2D eigenvalue weighted by molar-refractivity contribution is 7.99. The molecule has 0 atom stereocenters. The number of thiophene rings is 1. The molecule has 1 N–H and O–H groups in total. The first-order chi connectivity index (χ1) is 15.0. The number of amides is 1. The monoisotopic (exact) mass is 473 g/mol. The van der Waals surface area contributed by atoms with Crippen molar-refractivity contribution in [1.82, 2.24) is 19.3 Å². The molecule has 1 amide bonds. The van der Waals surface area contributed by atoms with E-state index in [1.807, 2.05) is 31.4 Å². The lowest BCUT2D eigenvalue weighted by Crippen LogP contribution is -2.26. The number of halogens is 1. The summed E-state index contributed by atoms with van der Waals surface area (Å²) in [5.41, 5.74) is 2.28. The summed E-state index contributed by atoms with van der Waals surface area (Å²) < 4.78 is 3.31. The highest BCUT2D eigenvalue weighted by Gasteiger charge is 2.19. The number of aromatic nitrogens is 4. The molecule has 0 unspecified atom stereocenters. The Labute approximate surface area is 192 Å². The van der Waals surface area contributed by atoms with Gasteiger partial charge in [0.2, 0.25) is 5.91 Å². The molecule has 0 spiro atoms. The molecule has 0 saturated heterocycles. The number of benzene rings is 1. The minimum Gasteiger partial charge on any atom is -0.325 e. The first kappa shape index (κ1) is 21.6. The molecule has 10 heteroatoms. The van der Waals surface area contributed by atoms with E-state index in [-0.39, 0.29) is 17.2 Å². The molecule has 3 heterocycles. The van der Waals surface area contributed by atoms with Crippen molar-refractivity contribution in [2.24, 2.45) is 0 Å². The Morgan fingerprint density at radius 1 is 1.26 bits per heavy atom. The number of nitrogens with zero attached hydrogens (tertiary/aromatic N) is 4. The summed E-state index contributed by atoms with van der Waals surface area (Å²) in [7, 11) is 0. The van der Waals surface area contributed by atoms with Crippen LogP contribution in [0.15, 0.2) is 51.7 Å². The predicted octanol–water partition coefficient (Wildman–Crippen LogP) is 4.42. The van der Waals surface area contributed by atoms with Crippen LogP contribution in [-0.2, 0) is 17.9 Å². The van der Waals surface area contributed by atoms with Gasteiger partial charge in [0.25, 0.3) is 5.56 Å². The van der Waals surface area contributed by atoms with Gasteiger partial charge in [0.15, 0.2) is 10.7 Å². The first-order valence-electron chi connectivity index (χ1n) is 9.64. The standard InChI is InChI=1S/C21H20ClN5O2S2/c1-3-27-19-18(13(2)25-27)24-21(26(20(19)29)11-16-5-4-10-30-16)31-12-17(28)23-15-8-6-14(22)7-9-15/h4-10H,3,11-12H2,1-2H3,(H,23,28). The van der Waals surface area contributed by atoms with Gasteiger partial charge < -0.3 is 5.32 Å². The number of rotatable bonds is 7. The van der Waals surface area contributed by atoms with Gasteiger partial charge in [0.1, 0.15) is 5.52 Å². The fourth-order valence-electron chi connectivity index (χ4n) is 3.19. The van der Waals surface area contributed by atoms with Gasteiger partial charge in [-0.3, -0.25) is 18.8 Å². The summed E-state index contributed by atoms with van der Waals surface area (Å²) in [6.45, 7) is 4.76. The minimum absolute atomic E-state index is 0.117. The van der Waals surface area contributed by atoms with E-state index in [0.29, 0.717) is 45.7 Å². The first-order valence-corrected chi connectivity index (χ1v) is 11.9. The maximum absolute atomic E-state index is 13.4. The Hall–Kier alpha value is -2.62. The van der Waals surface area contributed by atoms with E-state index in [9.17, 15) is 9.59 Å². The Balaban J connectivity index is 1.65. The lowest BCUT2D eigenvalue weighted by atomic mass is 10.3. The lowest BCUT2D eigenvalue weighted by Gasteiger charge is -2.12. The molecule has 31 heavy (non-hydrogen) atoms. The number of thioether (sulfide) groups is 1. The van der Waals surface area contributed by atoms with Crippen molar-refractivity contribution < 1.29 is 4.79 Å². The van der Waals surface area contributed by atoms with Crippen LogP contribution in [0.2, 0.25) is 5.02 Å². The van der Waals surface area contributed by atoms with Gasteiger partial charge >= 0.3 is 0 Å². The molecule has 0 fully saturated rings. The molecule has 3 aromatic heterocycles. The van der Waals surface area contributed by atoms with Crippen molar-refractivity contribution in [3.05, 3.63) is 67.7 Å². The van der Waals surface area contributed by atoms with Crippen molar-refractivity contribution in [3.63, 3.8) is 0 Å². The fraction of sp³-hybridized carbons (Fsp3) is 0.238. The van der Waals surface area contributed by atoms with E-state index in [0.717, 1.165) is 4.88 Å². The number of hydrogen-bond acceptors (Lipinski definition) is 6. The van der Waals surface area contributed by atoms with Gasteiger partial charge in [-0.15, -0.1) is 11.3 Å². The zero-order chi connectivity index (χ0) is 22.0. The van der Waals surface area contributed by atoms with Crippen LogP contribution in [-0.4, -0.2) is 31.0 Å². The van der Waals surface area contributed by atoms with Gasteiger partial charge in [-0.05, 0) is 49.6 Å². The van der Waals surface area contributed by atoms with Crippen molar-refractivity contribution in [2.45, 2.75) is 32.1 Å². The second-order valence-electron chi connectivity index (χ2n) is 6.81. The SMILES string of the molecule is CCn1nc(C)c2nc(SCC(=O)Nc3ccc(Cl)cc3)n(Cc3cccs3)c(=O)c21. The van der Waals surface area contributed by atoms with E-state index in [4.69, 9.17) is 16.6 Å². The smallest absolute Gasteiger partial charge is 0.280 e. The van der Waals surface area contributed by atoms with Crippen molar-refractivity contribution in [1.29, 1.82) is 0 Å². The van der Waals surface area contributed by atoms with E-state index in [1.54, 1.807) is 44.9 Å². The van der Waals surface area contributed by atoms with Crippen LogP contribution in [0.25, 0.3) is 11.0 Å². The maximum atomic E-state index is 13.4. The van der Waals surface area contributed by atoms with E-state index in [2.05, 4.69) is 10.4 Å². The molecule has 7 nitrogen and oxygen atoms in total. The van der Waals surface area contributed by atoms with Gasteiger partial charge in [-0.2, -0.15) is 5.10 Å². The number of nitrogens with one attached hydrogen (secondary N) is 1. The molecule has 160 valence electrons. The van der Waals surface area contributed by atoms with Crippen LogP contribution in [0.3, 0.4) is 0 Å². The van der Waals surface area contributed by atoms with Crippen LogP contribution in [0, 0.1) is 6.92 Å². The van der Waals surface area contributed by atoms with Gasteiger partial charge in [0.05, 0.1) is 18.0 Å². The largest absolute Gasteiger partial charge is 0.325 e. The molecule has 0 aliphatic heterocycles. The highest BCUT2D eigenvalue weighted by Crippen LogP contribution is 2.22. The molecule has 1 aromatic carbocycles. The number of carbonyl (C=O) groups excluding carboxylic acids is 1. The van der Waals surface area contributed by atoms with Crippen LogP contribution >= 0.6 is 34.7 Å². The number of anilines is 1. The Morgan fingerprint density at radius 2 is 2.03 bits per heavy atom. The summed E-state index contributed by atoms with van der Waals surface area (Å²) in [4.78, 5) is 31.6. The summed E-state index contributed by atoms with van der Waals surface area (Å²) in [6.07, 6.45) is 0. The molecular formula is C21H20ClN5O2S2. The van der Waals surface area contributed by atoms with Gasteiger partial charge in [-0.25, -0.2) is 4.98 Å². The Bertz CT molecular complexity index is 1280. The van der Waals surface area contributed by atoms with Crippen LogP contribution in [0.1, 0.15) is 17.5 Å². The Kier molecular flexibility index (Phi) is 6.45. The minimum atomic E-state index is -0.190. The molecule has 0 aliphatic carbocycles. The third-order valence-electron chi connectivity index (χ3n) is 4.64. The third-order valence-corrected chi connectivity index (χ3v) is 6.73. The van der Waals surface area contributed by atoms with E-state index < -0.39 is 0 Å². The second-order valence-corrected chi connectivity index (χ2v) is 9.22. The summed E-state index contributed by atoms with van der Waals surface area (Å²) in [5, 5.41) is 10.4. The lowest BCUT2D eigenvalue weighted by molar-refractivity contribution is -0.113. The van der Waals surface area contributed by atoms with Crippen LogP contribution in [0.5, 0.6) is 0 Å². The van der Waals surface area contributed by atoms with Gasteiger partial charge in [0, 0.05) is 22.1 Å². The maximum Gasteiger partial charge on any atom is 0.280 e. The Morgan fingerprint density at radius 3 is 2.71 bits per heavy atom. The van der Waals surface area contributed by atoms with Crippen LogP contribution < -0.4 is 10.9 Å². The summed E-state index contributed by atoms with van der Waals surface area (Å²) in [6, 6.07) is 10.8. The number of fused-ring (bicyclic) bond motifs is 1. The molecule has 0 saturated carbocycles. The normalized spacial score (nSPS) is 11.2. The topological polar surface area (TPSA) is 81.8 Å². The third kappa shape index (κ3) is 4.68.